The van der Waals surface area contributed by atoms with Gasteiger partial charge >= 0.3 is 12.1 Å². The van der Waals surface area contributed by atoms with Crippen LogP contribution >= 0.6 is 0 Å². The fraction of sp³-hybridized carbons (Fsp3) is 0.0556. The number of carbonyl (C=O) groups is 1. The number of benzene rings is 1. The molecule has 9 heteroatoms. The molecule has 0 radical (unpaired) electrons. The lowest BCUT2D eigenvalue weighted by Gasteiger charge is -2.07. The number of carbonyl (C=O) groups excluding carboxylic acids is 1. The van der Waals surface area contributed by atoms with E-state index in [0.717, 1.165) is 11.1 Å². The van der Waals surface area contributed by atoms with Gasteiger partial charge in [-0.25, -0.2) is 14.5 Å². The first kappa shape index (κ1) is 16.8. The van der Waals surface area contributed by atoms with Crippen LogP contribution in [0.3, 0.4) is 0 Å². The zero-order valence-corrected chi connectivity index (χ0v) is 13.6. The Labute approximate surface area is 150 Å². The van der Waals surface area contributed by atoms with Crippen LogP contribution in [0.25, 0.3) is 27.8 Å². The maximum absolute atomic E-state index is 12.4. The summed E-state index contributed by atoms with van der Waals surface area (Å²) < 4.78 is 43.1. The topological polar surface area (TPSA) is 72.8 Å². The molecular formula is C18H11F3N4O2. The number of halogens is 3. The Balaban J connectivity index is 1.65. The summed E-state index contributed by atoms with van der Waals surface area (Å²) in [5, 5.41) is 5.18. The Kier molecular flexibility index (Phi) is 3.91. The van der Waals surface area contributed by atoms with E-state index in [0.29, 0.717) is 16.8 Å². The van der Waals surface area contributed by atoms with Gasteiger partial charge in [0, 0.05) is 29.5 Å². The normalized spacial score (nSPS) is 11.7. The lowest BCUT2D eigenvalue weighted by atomic mass is 10.1. The standard InChI is InChI=1S/C18H11F3N4O2/c19-18(20,21)17(26)27-13-3-1-2-11(8-13)12-9-24-25(10-12)15-5-7-23-16-14(15)4-6-22-16/h1-10H,(H,22,23). The van der Waals surface area contributed by atoms with E-state index in [2.05, 4.69) is 19.8 Å². The first-order chi connectivity index (χ1) is 12.9. The molecule has 0 aliphatic carbocycles. The molecule has 0 amide bonds. The first-order valence-electron chi connectivity index (χ1n) is 7.78. The van der Waals surface area contributed by atoms with Crippen LogP contribution in [0.5, 0.6) is 5.75 Å². The molecule has 1 N–H and O–H groups in total. The van der Waals surface area contributed by atoms with Crippen molar-refractivity contribution in [2.24, 2.45) is 0 Å². The Morgan fingerprint density at radius 2 is 2.00 bits per heavy atom. The summed E-state index contributed by atoms with van der Waals surface area (Å²) in [6.07, 6.45) is 1.66. The lowest BCUT2D eigenvalue weighted by Crippen LogP contribution is -2.27. The van der Waals surface area contributed by atoms with Gasteiger partial charge in [-0.05, 0) is 29.8 Å². The monoisotopic (exact) mass is 372 g/mol. The number of ether oxygens (including phenoxy) is 1. The highest BCUT2D eigenvalue weighted by atomic mass is 19.4. The van der Waals surface area contributed by atoms with Crippen molar-refractivity contribution in [3.63, 3.8) is 0 Å². The average Bonchev–Trinajstić information content (AvgIpc) is 3.30. The fourth-order valence-corrected chi connectivity index (χ4v) is 2.65. The molecule has 0 aliphatic rings. The minimum Gasteiger partial charge on any atom is -0.420 e. The van der Waals surface area contributed by atoms with E-state index >= 15 is 0 Å². The second kappa shape index (κ2) is 6.27. The molecule has 4 aromatic rings. The van der Waals surface area contributed by atoms with E-state index in [9.17, 15) is 18.0 Å². The third-order valence-electron chi connectivity index (χ3n) is 3.88. The lowest BCUT2D eigenvalue weighted by molar-refractivity contribution is -0.189. The van der Waals surface area contributed by atoms with Crippen molar-refractivity contribution in [3.8, 4) is 22.6 Å². The van der Waals surface area contributed by atoms with E-state index in [4.69, 9.17) is 0 Å². The van der Waals surface area contributed by atoms with Crippen LogP contribution in [0.4, 0.5) is 13.2 Å². The number of pyridine rings is 1. The van der Waals surface area contributed by atoms with Gasteiger partial charge in [0.2, 0.25) is 0 Å². The molecule has 0 unspecified atom stereocenters. The van der Waals surface area contributed by atoms with Crippen LogP contribution in [0, 0.1) is 0 Å². The molecule has 0 atom stereocenters. The molecule has 3 aromatic heterocycles. The van der Waals surface area contributed by atoms with Crippen molar-refractivity contribution in [2.75, 3.05) is 0 Å². The highest BCUT2D eigenvalue weighted by Gasteiger charge is 2.41. The largest absolute Gasteiger partial charge is 0.491 e. The number of hydrogen-bond acceptors (Lipinski definition) is 4. The van der Waals surface area contributed by atoms with Gasteiger partial charge in [0.25, 0.3) is 0 Å². The Hall–Kier alpha value is -3.62. The van der Waals surface area contributed by atoms with Gasteiger partial charge < -0.3 is 9.72 Å². The van der Waals surface area contributed by atoms with Crippen molar-refractivity contribution in [2.45, 2.75) is 6.18 Å². The minimum atomic E-state index is -5.05. The zero-order chi connectivity index (χ0) is 19.0. The summed E-state index contributed by atoms with van der Waals surface area (Å²) in [7, 11) is 0. The summed E-state index contributed by atoms with van der Waals surface area (Å²) in [6, 6.07) is 9.49. The molecule has 0 saturated heterocycles. The number of alkyl halides is 3. The third-order valence-corrected chi connectivity index (χ3v) is 3.88. The molecule has 136 valence electrons. The second-order valence-electron chi connectivity index (χ2n) is 5.66. The number of rotatable bonds is 3. The third kappa shape index (κ3) is 3.26. The van der Waals surface area contributed by atoms with Crippen molar-refractivity contribution in [1.29, 1.82) is 0 Å². The van der Waals surface area contributed by atoms with Crippen LogP contribution in [-0.4, -0.2) is 31.9 Å². The van der Waals surface area contributed by atoms with E-state index in [-0.39, 0.29) is 5.75 Å². The van der Waals surface area contributed by atoms with Crippen molar-refractivity contribution < 1.29 is 22.7 Å². The Bertz CT molecular complexity index is 1130. The van der Waals surface area contributed by atoms with Gasteiger partial charge in [0.15, 0.2) is 0 Å². The fourth-order valence-electron chi connectivity index (χ4n) is 2.65. The molecule has 27 heavy (non-hydrogen) atoms. The number of aromatic amines is 1. The number of hydrogen-bond donors (Lipinski definition) is 1. The maximum atomic E-state index is 12.4. The maximum Gasteiger partial charge on any atom is 0.491 e. The van der Waals surface area contributed by atoms with Gasteiger partial charge in [-0.15, -0.1) is 0 Å². The van der Waals surface area contributed by atoms with E-state index in [1.54, 1.807) is 41.6 Å². The van der Waals surface area contributed by atoms with Crippen LogP contribution in [0.15, 0.2) is 61.2 Å². The van der Waals surface area contributed by atoms with Crippen LogP contribution < -0.4 is 4.74 Å². The summed E-state index contributed by atoms with van der Waals surface area (Å²) in [6.45, 7) is 0. The van der Waals surface area contributed by atoms with Crippen LogP contribution in [0.1, 0.15) is 0 Å². The molecule has 0 fully saturated rings. The van der Waals surface area contributed by atoms with E-state index in [1.807, 2.05) is 6.07 Å². The summed E-state index contributed by atoms with van der Waals surface area (Å²) in [5.41, 5.74) is 2.73. The molecule has 3 heterocycles. The van der Waals surface area contributed by atoms with Crippen molar-refractivity contribution in [1.82, 2.24) is 19.7 Å². The number of esters is 1. The number of aromatic nitrogens is 4. The van der Waals surface area contributed by atoms with Gasteiger partial charge in [0.05, 0.1) is 11.9 Å². The molecule has 4 rings (SSSR count). The minimum absolute atomic E-state index is 0.195. The smallest absolute Gasteiger partial charge is 0.420 e. The molecule has 1 aromatic carbocycles. The quantitative estimate of drug-likeness (QED) is 0.438. The molecule has 0 spiro atoms. The molecule has 0 saturated carbocycles. The summed E-state index contributed by atoms with van der Waals surface area (Å²) >= 11 is 0. The second-order valence-corrected chi connectivity index (χ2v) is 5.66. The number of fused-ring (bicyclic) bond motifs is 1. The van der Waals surface area contributed by atoms with Gasteiger partial charge in [-0.2, -0.15) is 18.3 Å². The SMILES string of the molecule is O=C(Oc1cccc(-c2cnn(-c3ccnc4[nH]ccc34)c2)c1)C(F)(F)F. The van der Waals surface area contributed by atoms with Crippen molar-refractivity contribution in [3.05, 3.63) is 61.2 Å². The van der Waals surface area contributed by atoms with Gasteiger partial charge in [-0.3, -0.25) is 0 Å². The number of nitrogens with one attached hydrogen (secondary N) is 1. The van der Waals surface area contributed by atoms with E-state index in [1.165, 1.54) is 18.2 Å². The van der Waals surface area contributed by atoms with Crippen molar-refractivity contribution >= 4 is 17.0 Å². The average molecular weight is 372 g/mol. The predicted octanol–water partition coefficient (Wildman–Crippen LogP) is 3.88. The number of H-pyrrole nitrogens is 1. The Morgan fingerprint density at radius 1 is 1.15 bits per heavy atom. The molecular weight excluding hydrogens is 361 g/mol. The Morgan fingerprint density at radius 3 is 2.81 bits per heavy atom. The molecule has 6 nitrogen and oxygen atoms in total. The zero-order valence-electron chi connectivity index (χ0n) is 13.6. The highest BCUT2D eigenvalue weighted by Crippen LogP contribution is 2.27. The molecule has 0 bridgehead atoms. The summed E-state index contributed by atoms with van der Waals surface area (Å²) in [4.78, 5) is 18.2. The van der Waals surface area contributed by atoms with Crippen LogP contribution in [-0.2, 0) is 4.79 Å². The molecule has 0 aliphatic heterocycles. The predicted molar refractivity (Wildman–Crippen MR) is 90.3 cm³/mol. The van der Waals surface area contributed by atoms with Gasteiger partial charge in [-0.1, -0.05) is 12.1 Å². The first-order valence-corrected chi connectivity index (χ1v) is 7.78. The highest BCUT2D eigenvalue weighted by molar-refractivity contribution is 5.84. The van der Waals surface area contributed by atoms with Crippen LogP contribution in [0.2, 0.25) is 0 Å². The van der Waals surface area contributed by atoms with E-state index < -0.39 is 12.1 Å². The number of nitrogens with zero attached hydrogens (tertiary/aromatic N) is 3. The summed E-state index contributed by atoms with van der Waals surface area (Å²) in [5.74, 6) is -2.46. The van der Waals surface area contributed by atoms with Gasteiger partial charge in [0.1, 0.15) is 11.4 Å².